The molecular formula is C16H19F3N2O3. The molecule has 0 unspecified atom stereocenters. The Hall–Kier alpha value is -2.09. The number of carbonyl (C=O) groups is 2. The van der Waals surface area contributed by atoms with E-state index < -0.39 is 17.6 Å². The van der Waals surface area contributed by atoms with Crippen molar-refractivity contribution in [3.05, 3.63) is 35.4 Å². The van der Waals surface area contributed by atoms with Gasteiger partial charge in [-0.2, -0.15) is 13.2 Å². The van der Waals surface area contributed by atoms with Crippen LogP contribution < -0.4 is 0 Å². The van der Waals surface area contributed by atoms with Gasteiger partial charge >= 0.3 is 6.18 Å². The van der Waals surface area contributed by atoms with E-state index in [9.17, 15) is 22.8 Å². The molecule has 1 saturated heterocycles. The number of halogens is 3. The Morgan fingerprint density at radius 1 is 1.08 bits per heavy atom. The SMILES string of the molecule is COCCC(=O)N1CCN(C(=O)c2ccccc2C(F)(F)F)CC1. The Labute approximate surface area is 138 Å². The molecule has 5 nitrogen and oxygen atoms in total. The minimum absolute atomic E-state index is 0.0837. The van der Waals surface area contributed by atoms with Crippen LogP contribution in [0.3, 0.4) is 0 Å². The van der Waals surface area contributed by atoms with Gasteiger partial charge in [0.15, 0.2) is 0 Å². The van der Waals surface area contributed by atoms with E-state index in [2.05, 4.69) is 0 Å². The highest BCUT2D eigenvalue weighted by Gasteiger charge is 2.36. The third-order valence-corrected chi connectivity index (χ3v) is 3.90. The second-order valence-corrected chi connectivity index (χ2v) is 5.46. The van der Waals surface area contributed by atoms with Crippen LogP contribution in [-0.2, 0) is 15.7 Å². The van der Waals surface area contributed by atoms with Gasteiger partial charge in [0.25, 0.3) is 5.91 Å². The number of nitrogens with zero attached hydrogens (tertiary/aromatic N) is 2. The molecule has 0 radical (unpaired) electrons. The lowest BCUT2D eigenvalue weighted by atomic mass is 10.1. The van der Waals surface area contributed by atoms with Crippen LogP contribution in [0.2, 0.25) is 0 Å². The molecule has 1 aromatic rings. The fourth-order valence-electron chi connectivity index (χ4n) is 2.59. The maximum absolute atomic E-state index is 13.0. The van der Waals surface area contributed by atoms with Crippen LogP contribution in [0, 0.1) is 0 Å². The molecule has 1 heterocycles. The molecule has 0 aromatic heterocycles. The number of alkyl halides is 3. The summed E-state index contributed by atoms with van der Waals surface area (Å²) >= 11 is 0. The summed E-state index contributed by atoms with van der Waals surface area (Å²) in [7, 11) is 1.50. The molecule has 1 aliphatic rings. The molecule has 0 bridgehead atoms. The zero-order chi connectivity index (χ0) is 17.7. The van der Waals surface area contributed by atoms with E-state index in [1.807, 2.05) is 0 Å². The number of ether oxygens (including phenoxy) is 1. The van der Waals surface area contributed by atoms with Gasteiger partial charge in [-0.1, -0.05) is 12.1 Å². The van der Waals surface area contributed by atoms with E-state index in [0.29, 0.717) is 19.7 Å². The van der Waals surface area contributed by atoms with Gasteiger partial charge in [-0.05, 0) is 12.1 Å². The van der Waals surface area contributed by atoms with Gasteiger partial charge in [0.1, 0.15) is 0 Å². The Morgan fingerprint density at radius 2 is 1.67 bits per heavy atom. The van der Waals surface area contributed by atoms with E-state index in [4.69, 9.17) is 4.74 Å². The minimum atomic E-state index is -4.58. The highest BCUT2D eigenvalue weighted by atomic mass is 19.4. The molecule has 132 valence electrons. The number of benzene rings is 1. The Balaban J connectivity index is 2.03. The van der Waals surface area contributed by atoms with E-state index in [-0.39, 0.29) is 31.0 Å². The maximum atomic E-state index is 13.0. The normalized spacial score (nSPS) is 15.5. The standard InChI is InChI=1S/C16H19F3N2O3/c1-24-11-6-14(22)20-7-9-21(10-8-20)15(23)12-4-2-3-5-13(12)16(17,18)19/h2-5H,6-11H2,1H3. The molecule has 0 atom stereocenters. The van der Waals surface area contributed by atoms with Crippen molar-refractivity contribution in [2.24, 2.45) is 0 Å². The fourth-order valence-corrected chi connectivity index (χ4v) is 2.59. The largest absolute Gasteiger partial charge is 0.417 e. The summed E-state index contributed by atoms with van der Waals surface area (Å²) in [5, 5.41) is 0. The molecule has 2 amide bonds. The summed E-state index contributed by atoms with van der Waals surface area (Å²) in [6, 6.07) is 4.75. The zero-order valence-corrected chi connectivity index (χ0v) is 13.3. The molecule has 0 aliphatic carbocycles. The van der Waals surface area contributed by atoms with Crippen LogP contribution in [0.5, 0.6) is 0 Å². The number of carbonyl (C=O) groups excluding carboxylic acids is 2. The molecule has 1 aromatic carbocycles. The van der Waals surface area contributed by atoms with Gasteiger partial charge in [-0.15, -0.1) is 0 Å². The number of rotatable bonds is 4. The second kappa shape index (κ2) is 7.65. The van der Waals surface area contributed by atoms with Crippen LogP contribution in [0.25, 0.3) is 0 Å². The van der Waals surface area contributed by atoms with Crippen LogP contribution >= 0.6 is 0 Å². The van der Waals surface area contributed by atoms with Gasteiger partial charge in [0.2, 0.25) is 5.91 Å². The highest BCUT2D eigenvalue weighted by molar-refractivity contribution is 5.96. The zero-order valence-electron chi connectivity index (χ0n) is 13.3. The summed E-state index contributed by atoms with van der Waals surface area (Å²) < 4.78 is 43.9. The number of methoxy groups -OCH3 is 1. The maximum Gasteiger partial charge on any atom is 0.417 e. The van der Waals surface area contributed by atoms with Crippen molar-refractivity contribution >= 4 is 11.8 Å². The predicted octanol–water partition coefficient (Wildman–Crippen LogP) is 2.03. The quantitative estimate of drug-likeness (QED) is 0.840. The van der Waals surface area contributed by atoms with E-state index >= 15 is 0 Å². The van der Waals surface area contributed by atoms with Gasteiger partial charge in [-0.25, -0.2) is 0 Å². The summed E-state index contributed by atoms with van der Waals surface area (Å²) in [5.74, 6) is -0.744. The van der Waals surface area contributed by atoms with Gasteiger partial charge in [0.05, 0.1) is 24.2 Å². The summed E-state index contributed by atoms with van der Waals surface area (Å²) in [5.41, 5.74) is -1.29. The molecular weight excluding hydrogens is 325 g/mol. The molecule has 1 fully saturated rings. The molecule has 24 heavy (non-hydrogen) atoms. The van der Waals surface area contributed by atoms with Crippen LogP contribution in [0.4, 0.5) is 13.2 Å². The summed E-state index contributed by atoms with van der Waals surface area (Å²) in [4.78, 5) is 27.2. The van der Waals surface area contributed by atoms with Gasteiger partial charge in [-0.3, -0.25) is 9.59 Å². The molecule has 1 aliphatic heterocycles. The van der Waals surface area contributed by atoms with E-state index in [1.165, 1.54) is 30.2 Å². The average molecular weight is 344 g/mol. The van der Waals surface area contributed by atoms with Crippen molar-refractivity contribution in [1.82, 2.24) is 9.80 Å². The number of amides is 2. The molecule has 2 rings (SSSR count). The first-order valence-corrected chi connectivity index (χ1v) is 7.57. The van der Waals surface area contributed by atoms with Crippen molar-refractivity contribution in [2.45, 2.75) is 12.6 Å². The summed E-state index contributed by atoms with van der Waals surface area (Å²) in [6.45, 7) is 1.36. The lowest BCUT2D eigenvalue weighted by Crippen LogP contribution is -2.51. The van der Waals surface area contributed by atoms with Crippen molar-refractivity contribution in [1.29, 1.82) is 0 Å². The third-order valence-electron chi connectivity index (χ3n) is 3.90. The fraction of sp³-hybridized carbons (Fsp3) is 0.500. The van der Waals surface area contributed by atoms with Crippen LogP contribution in [0.15, 0.2) is 24.3 Å². The first-order valence-electron chi connectivity index (χ1n) is 7.57. The van der Waals surface area contributed by atoms with Crippen molar-refractivity contribution in [3.8, 4) is 0 Å². The average Bonchev–Trinajstić information content (AvgIpc) is 2.58. The second-order valence-electron chi connectivity index (χ2n) is 5.46. The number of piperazine rings is 1. The lowest BCUT2D eigenvalue weighted by Gasteiger charge is -2.35. The van der Waals surface area contributed by atoms with Gasteiger partial charge in [0, 0.05) is 33.3 Å². The molecule has 0 saturated carbocycles. The molecule has 0 spiro atoms. The van der Waals surface area contributed by atoms with Gasteiger partial charge < -0.3 is 14.5 Å². The number of hydrogen-bond donors (Lipinski definition) is 0. The predicted molar refractivity (Wildman–Crippen MR) is 80.4 cm³/mol. The first-order chi connectivity index (χ1) is 11.3. The minimum Gasteiger partial charge on any atom is -0.384 e. The van der Waals surface area contributed by atoms with Crippen molar-refractivity contribution < 1.29 is 27.5 Å². The first kappa shape index (κ1) is 18.3. The van der Waals surface area contributed by atoms with Crippen LogP contribution in [-0.4, -0.2) is 61.5 Å². The topological polar surface area (TPSA) is 49.9 Å². The smallest absolute Gasteiger partial charge is 0.384 e. The van der Waals surface area contributed by atoms with E-state index in [1.54, 1.807) is 4.90 Å². The number of hydrogen-bond acceptors (Lipinski definition) is 3. The summed E-state index contributed by atoms with van der Waals surface area (Å²) in [6.07, 6.45) is -4.33. The Morgan fingerprint density at radius 3 is 2.25 bits per heavy atom. The Bertz CT molecular complexity index is 596. The lowest BCUT2D eigenvalue weighted by molar-refractivity contribution is -0.138. The van der Waals surface area contributed by atoms with Crippen LogP contribution in [0.1, 0.15) is 22.3 Å². The monoisotopic (exact) mass is 344 g/mol. The highest BCUT2D eigenvalue weighted by Crippen LogP contribution is 2.32. The Kier molecular flexibility index (Phi) is 5.82. The molecule has 8 heteroatoms. The van der Waals surface area contributed by atoms with E-state index in [0.717, 1.165) is 6.07 Å². The molecule has 0 N–H and O–H groups in total. The third kappa shape index (κ3) is 4.25. The van der Waals surface area contributed by atoms with Crippen molar-refractivity contribution in [3.63, 3.8) is 0 Å². The van der Waals surface area contributed by atoms with Crippen molar-refractivity contribution in [2.75, 3.05) is 39.9 Å².